The number of rotatable bonds is 6. The Morgan fingerprint density at radius 2 is 1.59 bits per heavy atom. The van der Waals surface area contributed by atoms with Gasteiger partial charge in [0.15, 0.2) is 0 Å². The molecule has 10 heteroatoms. The molecular formula is C39H31IrN9-6. The molecule has 3 aromatic rings. The van der Waals surface area contributed by atoms with Crippen molar-refractivity contribution in [3.05, 3.63) is 163 Å². The summed E-state index contributed by atoms with van der Waals surface area (Å²) < 4.78 is 0. The fourth-order valence-electron chi connectivity index (χ4n) is 7.35. The van der Waals surface area contributed by atoms with Crippen LogP contribution in [0.5, 0.6) is 0 Å². The summed E-state index contributed by atoms with van der Waals surface area (Å²) >= 11 is 0. The number of fused-ring (bicyclic) bond motifs is 2. The summed E-state index contributed by atoms with van der Waals surface area (Å²) in [5, 5.41) is 20.2. The Labute approximate surface area is 302 Å². The maximum Gasteiger partial charge on any atom is 0.203 e. The summed E-state index contributed by atoms with van der Waals surface area (Å²) in [6.07, 6.45) is 9.17. The number of hydrogen-bond acceptors (Lipinski definition) is 8. The molecule has 0 spiro atoms. The van der Waals surface area contributed by atoms with E-state index in [0.29, 0.717) is 29.7 Å². The zero-order valence-electron chi connectivity index (χ0n) is 26.6. The van der Waals surface area contributed by atoms with Crippen molar-refractivity contribution in [3.63, 3.8) is 0 Å². The van der Waals surface area contributed by atoms with Crippen LogP contribution in [0.4, 0.5) is 17.1 Å². The van der Waals surface area contributed by atoms with Crippen molar-refractivity contribution in [3.8, 4) is 12.1 Å². The number of nitrogens with zero attached hydrogens (tertiary/aromatic N) is 9. The van der Waals surface area contributed by atoms with Gasteiger partial charge in [-0.15, -0.1) is 17.4 Å². The third-order valence-corrected chi connectivity index (χ3v) is 9.66. The molecule has 8 rings (SSSR count). The fraction of sp³-hybridized carbons (Fsp3) is 0.205. The zero-order chi connectivity index (χ0) is 32.6. The van der Waals surface area contributed by atoms with Gasteiger partial charge in [0.25, 0.3) is 0 Å². The molecule has 0 aromatic heterocycles. The van der Waals surface area contributed by atoms with E-state index in [1.165, 1.54) is 5.92 Å². The van der Waals surface area contributed by atoms with Gasteiger partial charge in [-0.1, -0.05) is 37.5 Å². The summed E-state index contributed by atoms with van der Waals surface area (Å²) in [7, 11) is 0. The normalized spacial score (nSPS) is 21.3. The van der Waals surface area contributed by atoms with Gasteiger partial charge in [-0.25, -0.2) is 0 Å². The van der Waals surface area contributed by atoms with Crippen molar-refractivity contribution in [2.75, 3.05) is 27.8 Å². The van der Waals surface area contributed by atoms with Crippen LogP contribution in [-0.2, 0) is 20.1 Å². The first-order valence-corrected chi connectivity index (χ1v) is 16.1. The Kier molecular flexibility index (Phi) is 8.98. The Hall–Kier alpha value is -5.33. The summed E-state index contributed by atoms with van der Waals surface area (Å²) in [5.74, 6) is 2.07. The Balaban J connectivity index is 0.00000378. The molecule has 3 aromatic carbocycles. The summed E-state index contributed by atoms with van der Waals surface area (Å²) in [4.78, 5) is 16.4. The van der Waals surface area contributed by atoms with E-state index in [1.54, 1.807) is 0 Å². The zero-order valence-corrected chi connectivity index (χ0v) is 29.0. The summed E-state index contributed by atoms with van der Waals surface area (Å²) in [6.45, 7) is 13.6. The number of nitriles is 2. The van der Waals surface area contributed by atoms with Crippen molar-refractivity contribution < 1.29 is 20.1 Å². The van der Waals surface area contributed by atoms with E-state index >= 15 is 0 Å². The molecule has 0 amide bonds. The van der Waals surface area contributed by atoms with Crippen LogP contribution in [0.3, 0.4) is 0 Å². The van der Waals surface area contributed by atoms with E-state index in [9.17, 15) is 10.5 Å². The van der Waals surface area contributed by atoms with Gasteiger partial charge in [-0.05, 0) is 37.7 Å². The molecule has 0 bridgehead atoms. The number of hydrogen-bond donors (Lipinski definition) is 0. The molecule has 49 heavy (non-hydrogen) atoms. The molecule has 1 fully saturated rings. The third-order valence-electron chi connectivity index (χ3n) is 9.66. The van der Waals surface area contributed by atoms with Gasteiger partial charge in [0.2, 0.25) is 5.82 Å². The molecule has 247 valence electrons. The van der Waals surface area contributed by atoms with E-state index < -0.39 is 0 Å². The van der Waals surface area contributed by atoms with Gasteiger partial charge in [-0.3, -0.25) is 5.92 Å². The molecule has 1 saturated heterocycles. The SMILES string of the molecule is [C-]#[N+]C1=CN(c2[c-]cccc2)[CH-]N1[C-]1c2ccccc2N2C=C(C#N)N3CCC(CCN4[CH-]N(c5[c-]cccc5)C=C4C#N)CC[C-]1C32.[Ir]. The van der Waals surface area contributed by atoms with Crippen molar-refractivity contribution in [1.29, 1.82) is 10.5 Å². The average molecular weight is 818 g/mol. The minimum Gasteiger partial charge on any atom is -0.508 e. The first kappa shape index (κ1) is 32.2. The van der Waals surface area contributed by atoms with Gasteiger partial charge < -0.3 is 34.2 Å². The van der Waals surface area contributed by atoms with Crippen molar-refractivity contribution in [1.82, 2.24) is 14.7 Å². The number of allylic oxidation sites excluding steroid dienone is 2. The van der Waals surface area contributed by atoms with Crippen LogP contribution in [0.1, 0.15) is 31.2 Å². The minimum absolute atomic E-state index is 0. The quantitative estimate of drug-likeness (QED) is 0.254. The van der Waals surface area contributed by atoms with Crippen molar-refractivity contribution in [2.24, 2.45) is 5.92 Å². The van der Waals surface area contributed by atoms with Gasteiger partial charge in [0, 0.05) is 39.1 Å². The maximum absolute atomic E-state index is 10.3. The van der Waals surface area contributed by atoms with Crippen molar-refractivity contribution in [2.45, 2.75) is 31.8 Å². The predicted octanol–water partition coefficient (Wildman–Crippen LogP) is 6.72. The van der Waals surface area contributed by atoms with Crippen LogP contribution in [0.15, 0.2) is 109 Å². The average Bonchev–Trinajstić information content (AvgIpc) is 3.86. The second-order valence-corrected chi connectivity index (χ2v) is 12.3. The summed E-state index contributed by atoms with van der Waals surface area (Å²) in [6, 6.07) is 36.2. The number of benzene rings is 3. The molecule has 2 atom stereocenters. The molecule has 0 aliphatic carbocycles. The topological polar surface area (TPSA) is 71.4 Å². The monoisotopic (exact) mass is 818 g/mol. The Bertz CT molecular complexity index is 1900. The standard InChI is InChI=1S/C39H31N9.Ir/c1-42-37-26-45(31-12-6-3-7-13-31)28-48(37)38-34-14-8-9-15-36(34)47-25-33(23-41)46-21-19-29(16-17-35(38)39(46)47)18-20-43-27-44(24-32(43)22-40)30-10-4-2-5-11-30;/h2-10,12,14-15,24-29,39H,16-21H2;/q-6;. The van der Waals surface area contributed by atoms with E-state index in [4.69, 9.17) is 6.57 Å². The maximum atomic E-state index is 10.3. The van der Waals surface area contributed by atoms with Crippen LogP contribution in [0, 0.1) is 72.6 Å². The molecule has 2 unspecified atom stereocenters. The molecular weight excluding hydrogens is 787 g/mol. The predicted molar refractivity (Wildman–Crippen MR) is 182 cm³/mol. The van der Waals surface area contributed by atoms with Gasteiger partial charge >= 0.3 is 0 Å². The van der Waals surface area contributed by atoms with E-state index in [1.807, 2.05) is 112 Å². The van der Waals surface area contributed by atoms with Crippen LogP contribution < -0.4 is 14.7 Å². The minimum atomic E-state index is -0.140. The van der Waals surface area contributed by atoms with Gasteiger partial charge in [0.05, 0.1) is 0 Å². The molecule has 0 N–H and O–H groups in total. The molecule has 5 aliphatic rings. The second kappa shape index (κ2) is 13.7. The molecule has 1 radical (unpaired) electrons. The van der Waals surface area contributed by atoms with E-state index in [0.717, 1.165) is 60.9 Å². The van der Waals surface area contributed by atoms with Gasteiger partial charge in [-0.2, -0.15) is 102 Å². The first-order valence-electron chi connectivity index (χ1n) is 16.1. The third kappa shape index (κ3) is 5.76. The molecule has 5 heterocycles. The largest absolute Gasteiger partial charge is 0.508 e. The Morgan fingerprint density at radius 3 is 2.29 bits per heavy atom. The second-order valence-electron chi connectivity index (χ2n) is 12.3. The number of anilines is 3. The van der Waals surface area contributed by atoms with Crippen LogP contribution >= 0.6 is 0 Å². The van der Waals surface area contributed by atoms with Crippen molar-refractivity contribution >= 4 is 17.1 Å². The molecule has 9 nitrogen and oxygen atoms in total. The van der Waals surface area contributed by atoms with Crippen LogP contribution in [0.2, 0.25) is 0 Å². The molecule has 5 aliphatic heterocycles. The fourth-order valence-corrected chi connectivity index (χ4v) is 7.35. The number of para-hydroxylation sites is 3. The Morgan fingerprint density at radius 1 is 0.878 bits per heavy atom. The smallest absolute Gasteiger partial charge is 0.203 e. The van der Waals surface area contributed by atoms with Crippen LogP contribution in [-0.4, -0.2) is 34.0 Å². The summed E-state index contributed by atoms with van der Waals surface area (Å²) in [5.41, 5.74) is 5.08. The van der Waals surface area contributed by atoms with E-state index in [2.05, 4.69) is 51.0 Å². The van der Waals surface area contributed by atoms with Gasteiger partial charge in [0.1, 0.15) is 23.5 Å². The van der Waals surface area contributed by atoms with Crippen LogP contribution in [0.25, 0.3) is 4.85 Å². The van der Waals surface area contributed by atoms with E-state index in [-0.39, 0.29) is 26.3 Å². The molecule has 0 saturated carbocycles. The first-order chi connectivity index (χ1) is 23.7.